The van der Waals surface area contributed by atoms with Gasteiger partial charge < -0.3 is 9.73 Å². The number of hydrogen-bond acceptors (Lipinski definition) is 2. The summed E-state index contributed by atoms with van der Waals surface area (Å²) in [7, 11) is 0. The van der Waals surface area contributed by atoms with Crippen molar-refractivity contribution in [1.29, 1.82) is 0 Å². The molecular weight excluding hydrogens is 234 g/mol. The predicted octanol–water partition coefficient (Wildman–Crippen LogP) is 4.18. The summed E-state index contributed by atoms with van der Waals surface area (Å²) in [6, 6.07) is 11.4. The smallest absolute Gasteiger partial charge is 0.105 e. The van der Waals surface area contributed by atoms with Crippen LogP contribution in [0, 0.1) is 13.8 Å². The lowest BCUT2D eigenvalue weighted by Crippen LogP contribution is -2.30. The maximum atomic E-state index is 5.39. The first-order valence-electron chi connectivity index (χ1n) is 6.91. The Labute approximate surface area is 115 Å². The molecule has 0 bridgehead atoms. The molecule has 2 rings (SSSR count). The number of nitrogens with one attached hydrogen (secondary N) is 1. The lowest BCUT2D eigenvalue weighted by molar-refractivity contribution is 0.429. The van der Waals surface area contributed by atoms with Crippen LogP contribution in [-0.4, -0.2) is 6.04 Å². The fourth-order valence-corrected chi connectivity index (χ4v) is 2.57. The standard InChI is InChI=1S/C17H23NO/c1-12-8-13(2)10-16(9-12)15(4)18-14(3)11-17-6-5-7-19-17/h5-10,14-15,18H,11H2,1-4H3. The Balaban J connectivity index is 1.98. The van der Waals surface area contributed by atoms with E-state index in [-0.39, 0.29) is 0 Å². The van der Waals surface area contributed by atoms with E-state index in [1.807, 2.05) is 12.1 Å². The third-order valence-electron chi connectivity index (χ3n) is 3.37. The molecule has 0 aliphatic heterocycles. The van der Waals surface area contributed by atoms with Crippen LogP contribution in [0.25, 0.3) is 0 Å². The van der Waals surface area contributed by atoms with Crippen molar-refractivity contribution in [3.8, 4) is 0 Å². The fraction of sp³-hybridized carbons (Fsp3) is 0.412. The summed E-state index contributed by atoms with van der Waals surface area (Å²) in [4.78, 5) is 0. The molecule has 0 amide bonds. The van der Waals surface area contributed by atoms with Gasteiger partial charge in [0, 0.05) is 18.5 Å². The Morgan fingerprint density at radius 1 is 1.11 bits per heavy atom. The van der Waals surface area contributed by atoms with Gasteiger partial charge >= 0.3 is 0 Å². The van der Waals surface area contributed by atoms with Gasteiger partial charge in [-0.3, -0.25) is 0 Å². The molecule has 1 aromatic carbocycles. The monoisotopic (exact) mass is 257 g/mol. The molecule has 0 saturated carbocycles. The van der Waals surface area contributed by atoms with E-state index in [0.717, 1.165) is 12.2 Å². The summed E-state index contributed by atoms with van der Waals surface area (Å²) in [6.07, 6.45) is 2.65. The summed E-state index contributed by atoms with van der Waals surface area (Å²) in [5, 5.41) is 3.63. The number of rotatable bonds is 5. The summed E-state index contributed by atoms with van der Waals surface area (Å²) in [5.41, 5.74) is 3.99. The predicted molar refractivity (Wildman–Crippen MR) is 79.3 cm³/mol. The molecule has 0 aliphatic rings. The molecule has 2 atom stereocenters. The Morgan fingerprint density at radius 3 is 2.37 bits per heavy atom. The quantitative estimate of drug-likeness (QED) is 0.869. The molecule has 19 heavy (non-hydrogen) atoms. The van der Waals surface area contributed by atoms with Crippen LogP contribution in [0.5, 0.6) is 0 Å². The zero-order valence-corrected chi connectivity index (χ0v) is 12.2. The number of benzene rings is 1. The van der Waals surface area contributed by atoms with Gasteiger partial charge in [-0.15, -0.1) is 0 Å². The maximum Gasteiger partial charge on any atom is 0.105 e. The SMILES string of the molecule is Cc1cc(C)cc(C(C)NC(C)Cc2ccco2)c1. The molecule has 1 aromatic heterocycles. The molecule has 1 heterocycles. The van der Waals surface area contributed by atoms with E-state index in [0.29, 0.717) is 12.1 Å². The van der Waals surface area contributed by atoms with Crippen molar-refractivity contribution in [3.05, 3.63) is 59.0 Å². The van der Waals surface area contributed by atoms with Crippen LogP contribution in [0.3, 0.4) is 0 Å². The lowest BCUT2D eigenvalue weighted by Gasteiger charge is -2.20. The van der Waals surface area contributed by atoms with Gasteiger partial charge in [-0.1, -0.05) is 29.3 Å². The van der Waals surface area contributed by atoms with Gasteiger partial charge in [0.25, 0.3) is 0 Å². The van der Waals surface area contributed by atoms with E-state index in [9.17, 15) is 0 Å². The largest absolute Gasteiger partial charge is 0.469 e. The highest BCUT2D eigenvalue weighted by molar-refractivity contribution is 5.30. The van der Waals surface area contributed by atoms with E-state index in [1.165, 1.54) is 16.7 Å². The van der Waals surface area contributed by atoms with Gasteiger partial charge in [-0.2, -0.15) is 0 Å². The molecule has 102 valence electrons. The summed E-state index contributed by atoms with van der Waals surface area (Å²) in [6.45, 7) is 8.71. The fourth-order valence-electron chi connectivity index (χ4n) is 2.57. The number of hydrogen-bond donors (Lipinski definition) is 1. The molecule has 0 saturated heterocycles. The molecule has 0 fully saturated rings. The molecule has 2 unspecified atom stereocenters. The second-order valence-electron chi connectivity index (χ2n) is 5.49. The van der Waals surface area contributed by atoms with Crippen molar-refractivity contribution in [1.82, 2.24) is 5.32 Å². The summed E-state index contributed by atoms with van der Waals surface area (Å²) >= 11 is 0. The van der Waals surface area contributed by atoms with E-state index in [1.54, 1.807) is 6.26 Å². The zero-order valence-electron chi connectivity index (χ0n) is 12.2. The maximum absolute atomic E-state index is 5.39. The van der Waals surface area contributed by atoms with Gasteiger partial charge in [0.05, 0.1) is 6.26 Å². The Hall–Kier alpha value is -1.54. The van der Waals surface area contributed by atoms with Gasteiger partial charge in [-0.05, 0) is 45.4 Å². The van der Waals surface area contributed by atoms with Crippen molar-refractivity contribution in [2.75, 3.05) is 0 Å². The van der Waals surface area contributed by atoms with Crippen molar-refractivity contribution in [2.45, 2.75) is 46.2 Å². The topological polar surface area (TPSA) is 25.2 Å². The van der Waals surface area contributed by atoms with E-state index in [4.69, 9.17) is 4.42 Å². The molecule has 2 nitrogen and oxygen atoms in total. The first-order chi connectivity index (χ1) is 9.04. The lowest BCUT2D eigenvalue weighted by atomic mass is 10.0. The highest BCUT2D eigenvalue weighted by Crippen LogP contribution is 2.17. The Kier molecular flexibility index (Phi) is 4.43. The number of aryl methyl sites for hydroxylation is 2. The first-order valence-corrected chi connectivity index (χ1v) is 6.91. The molecular formula is C17H23NO. The van der Waals surface area contributed by atoms with E-state index < -0.39 is 0 Å². The van der Waals surface area contributed by atoms with E-state index >= 15 is 0 Å². The van der Waals surface area contributed by atoms with Crippen molar-refractivity contribution < 1.29 is 4.42 Å². The van der Waals surface area contributed by atoms with Crippen LogP contribution >= 0.6 is 0 Å². The van der Waals surface area contributed by atoms with Crippen LogP contribution in [0.15, 0.2) is 41.0 Å². The van der Waals surface area contributed by atoms with E-state index in [2.05, 4.69) is 51.2 Å². The van der Waals surface area contributed by atoms with Crippen molar-refractivity contribution in [2.24, 2.45) is 0 Å². The van der Waals surface area contributed by atoms with Gasteiger partial charge in [0.15, 0.2) is 0 Å². The molecule has 0 spiro atoms. The average Bonchev–Trinajstić information content (AvgIpc) is 2.80. The normalized spacial score (nSPS) is 14.3. The molecule has 1 N–H and O–H groups in total. The second kappa shape index (κ2) is 6.07. The highest BCUT2D eigenvalue weighted by atomic mass is 16.3. The van der Waals surface area contributed by atoms with Crippen LogP contribution in [0.2, 0.25) is 0 Å². The third kappa shape index (κ3) is 3.97. The van der Waals surface area contributed by atoms with Crippen LogP contribution in [0.1, 0.15) is 42.3 Å². The molecule has 2 aromatic rings. The molecule has 0 aliphatic carbocycles. The highest BCUT2D eigenvalue weighted by Gasteiger charge is 2.11. The van der Waals surface area contributed by atoms with Gasteiger partial charge in [-0.25, -0.2) is 0 Å². The minimum absolute atomic E-state index is 0.351. The van der Waals surface area contributed by atoms with Crippen LogP contribution in [-0.2, 0) is 6.42 Å². The third-order valence-corrected chi connectivity index (χ3v) is 3.37. The molecule has 0 radical (unpaired) electrons. The minimum atomic E-state index is 0.351. The molecule has 2 heteroatoms. The van der Waals surface area contributed by atoms with Crippen molar-refractivity contribution >= 4 is 0 Å². The minimum Gasteiger partial charge on any atom is -0.469 e. The van der Waals surface area contributed by atoms with Crippen LogP contribution in [0.4, 0.5) is 0 Å². The average molecular weight is 257 g/mol. The number of furan rings is 1. The zero-order chi connectivity index (χ0) is 13.8. The van der Waals surface area contributed by atoms with Crippen molar-refractivity contribution in [3.63, 3.8) is 0 Å². The summed E-state index contributed by atoms with van der Waals surface area (Å²) < 4.78 is 5.39. The Bertz CT molecular complexity index is 496. The Morgan fingerprint density at radius 2 is 1.79 bits per heavy atom. The second-order valence-corrected chi connectivity index (χ2v) is 5.49. The first kappa shape index (κ1) is 13.9. The van der Waals surface area contributed by atoms with Gasteiger partial charge in [0.1, 0.15) is 5.76 Å². The van der Waals surface area contributed by atoms with Crippen LogP contribution < -0.4 is 5.32 Å². The summed E-state index contributed by atoms with van der Waals surface area (Å²) in [5.74, 6) is 1.03. The van der Waals surface area contributed by atoms with Gasteiger partial charge in [0.2, 0.25) is 0 Å².